The molecule has 0 saturated heterocycles. The Balaban J connectivity index is 0.00000121. The van der Waals surface area contributed by atoms with Crippen LogP contribution in [-0.4, -0.2) is 96.0 Å². The maximum absolute atomic E-state index is 14.9. The Bertz CT molecular complexity index is 2600. The van der Waals surface area contributed by atoms with E-state index in [0.717, 1.165) is 22.9 Å². The highest BCUT2D eigenvalue weighted by Crippen LogP contribution is 2.37. The number of carboxylic acid groups (broad SMARTS) is 1. The number of Topliss-reactive ketones (excluding diaryl/α,β-unsaturated/α-hetero) is 2. The molecule has 13 N–H and O–H groups in total. The summed E-state index contributed by atoms with van der Waals surface area (Å²) in [6.07, 6.45) is -0.165. The number of aromatic nitrogens is 4. The molecule has 0 bridgehead atoms. The van der Waals surface area contributed by atoms with Crippen molar-refractivity contribution >= 4 is 63.2 Å². The SMILES string of the molecule is C[C@](N)(CCCCN)C(=O)n1c(Sc2nc3cccc(C(=O)[C@@H](N)CCc4ccccc4)c3n2C(=O)[C@@](C)(N)CCCCN)nc2cccc(C(=O)[C@@H](N)CCc3ccccc3)c21.O=C(O)C(F)(F)F. The van der Waals surface area contributed by atoms with Gasteiger partial charge in [0.1, 0.15) is 0 Å². The predicted octanol–water partition coefficient (Wildman–Crippen LogP) is 6.43. The van der Waals surface area contributed by atoms with Crippen molar-refractivity contribution in [1.29, 1.82) is 0 Å². The van der Waals surface area contributed by atoms with E-state index in [-0.39, 0.29) is 44.0 Å². The smallest absolute Gasteiger partial charge is 0.475 e. The molecule has 0 radical (unpaired) electrons. The normalized spacial score (nSPS) is 14.3. The maximum atomic E-state index is 14.9. The number of carbonyl (C=O) groups is 5. The number of ketones is 2. The number of aryl methyl sites for hydroxylation is 2. The number of alkyl halides is 3. The number of hydrogen-bond acceptors (Lipinski definition) is 14. The summed E-state index contributed by atoms with van der Waals surface area (Å²) in [6.45, 7) is 4.14. The van der Waals surface area contributed by atoms with E-state index in [1.54, 1.807) is 50.2 Å². The van der Waals surface area contributed by atoms with E-state index in [0.29, 0.717) is 88.3 Å². The molecule has 6 aromatic rings. The van der Waals surface area contributed by atoms with E-state index in [1.165, 1.54) is 9.13 Å². The van der Waals surface area contributed by atoms with Crippen LogP contribution in [0.15, 0.2) is 107 Å². The molecule has 4 aromatic carbocycles. The van der Waals surface area contributed by atoms with E-state index in [2.05, 4.69) is 0 Å². The molecule has 70 heavy (non-hydrogen) atoms. The Labute approximate surface area is 407 Å². The van der Waals surface area contributed by atoms with Gasteiger partial charge < -0.3 is 39.5 Å². The number of unbranched alkanes of at least 4 members (excludes halogenated alkanes) is 2. The van der Waals surface area contributed by atoms with Crippen molar-refractivity contribution in [1.82, 2.24) is 19.1 Å². The first-order valence-electron chi connectivity index (χ1n) is 22.9. The predicted molar refractivity (Wildman–Crippen MR) is 264 cm³/mol. The Kier molecular flexibility index (Phi) is 18.9. The van der Waals surface area contributed by atoms with Gasteiger partial charge in [0.15, 0.2) is 21.9 Å². The van der Waals surface area contributed by atoms with Gasteiger partial charge in [0.25, 0.3) is 11.8 Å². The van der Waals surface area contributed by atoms with Crippen molar-refractivity contribution in [3.8, 4) is 0 Å². The maximum Gasteiger partial charge on any atom is 0.490 e. The summed E-state index contributed by atoms with van der Waals surface area (Å²) >= 11 is 0.936. The molecule has 0 unspecified atom stereocenters. The third kappa shape index (κ3) is 13.6. The minimum Gasteiger partial charge on any atom is -0.475 e. The molecule has 0 fully saturated rings. The van der Waals surface area contributed by atoms with Crippen LogP contribution in [0.25, 0.3) is 22.1 Å². The second-order valence-electron chi connectivity index (χ2n) is 17.6. The van der Waals surface area contributed by atoms with Crippen LogP contribution in [0.1, 0.15) is 107 Å². The number of fused-ring (bicyclic) bond motifs is 2. The van der Waals surface area contributed by atoms with Crippen LogP contribution in [0.2, 0.25) is 0 Å². The van der Waals surface area contributed by atoms with E-state index in [9.17, 15) is 32.3 Å². The van der Waals surface area contributed by atoms with E-state index < -0.39 is 47.1 Å². The van der Waals surface area contributed by atoms with Gasteiger partial charge in [0, 0.05) is 11.1 Å². The fourth-order valence-corrected chi connectivity index (χ4v) is 8.78. The highest BCUT2D eigenvalue weighted by atomic mass is 32.2. The minimum atomic E-state index is -5.08. The molecular formula is C50H61F3N10O6S. The number of nitrogens with zero attached hydrogens (tertiary/aromatic N) is 4. The van der Waals surface area contributed by atoms with Gasteiger partial charge in [-0.05, 0) is 138 Å². The summed E-state index contributed by atoms with van der Waals surface area (Å²) in [7, 11) is 0. The number of benzene rings is 4. The molecule has 0 aliphatic heterocycles. The number of carbonyl (C=O) groups excluding carboxylic acids is 4. The molecule has 16 nitrogen and oxygen atoms in total. The Morgan fingerprint density at radius 3 is 1.29 bits per heavy atom. The quantitative estimate of drug-likeness (QED) is 0.0285. The van der Waals surface area contributed by atoms with Crippen LogP contribution in [0.3, 0.4) is 0 Å². The molecule has 2 heterocycles. The number of halogens is 3. The van der Waals surface area contributed by atoms with Crippen LogP contribution in [0.4, 0.5) is 13.2 Å². The molecule has 4 atom stereocenters. The average molecular weight is 987 g/mol. The van der Waals surface area contributed by atoms with Crippen LogP contribution in [0.5, 0.6) is 0 Å². The standard InChI is InChI=1S/C48H60N10O4S.C2HF3O2/c1-47(53,27-9-11-29-49)43(61)57-39-33(41(59)35(51)25-23-31-15-5-3-6-16-31)19-13-21-37(39)55-45(57)63-46-56-38-22-14-20-34(42(60)36(52)26-24-32-17-7-4-8-18-32)40(38)58(46)44(62)48(2,54)28-10-12-30-50;3-2(4,5)1(6)7/h3-8,13-22,35-36H,9-12,23-30,49-54H2,1-2H3;(H,6,7)/t35-,36-,47-,48-;/m0./s1. The number of imidazole rings is 2. The Hall–Kier alpha value is -6.13. The molecule has 6 rings (SSSR count). The number of aliphatic carboxylic acids is 1. The minimum absolute atomic E-state index is 0.0993. The van der Waals surface area contributed by atoms with Crippen LogP contribution in [-0.2, 0) is 17.6 Å². The summed E-state index contributed by atoms with van der Waals surface area (Å²) in [4.78, 5) is 77.1. The van der Waals surface area contributed by atoms with Gasteiger partial charge in [-0.3, -0.25) is 28.3 Å². The van der Waals surface area contributed by atoms with Gasteiger partial charge in [-0.2, -0.15) is 13.2 Å². The van der Waals surface area contributed by atoms with Crippen molar-refractivity contribution in [3.05, 3.63) is 119 Å². The molecule has 0 saturated carbocycles. The summed E-state index contributed by atoms with van der Waals surface area (Å²) in [5.41, 5.74) is 39.2. The van der Waals surface area contributed by atoms with Gasteiger partial charge in [-0.15, -0.1) is 0 Å². The zero-order chi connectivity index (χ0) is 51.4. The summed E-state index contributed by atoms with van der Waals surface area (Å²) in [5, 5.41) is 7.32. The van der Waals surface area contributed by atoms with Gasteiger partial charge in [-0.25, -0.2) is 14.8 Å². The Morgan fingerprint density at radius 2 is 0.957 bits per heavy atom. The highest BCUT2D eigenvalue weighted by Gasteiger charge is 2.39. The zero-order valence-corrected chi connectivity index (χ0v) is 40.0. The average Bonchev–Trinajstić information content (AvgIpc) is 3.89. The fraction of sp³-hybridized carbons (Fsp3) is 0.380. The van der Waals surface area contributed by atoms with Crippen molar-refractivity contribution < 1.29 is 42.3 Å². The fourth-order valence-electron chi connectivity index (χ4n) is 7.80. The number of rotatable bonds is 22. The van der Waals surface area contributed by atoms with Crippen molar-refractivity contribution in [2.45, 2.75) is 118 Å². The Morgan fingerprint density at radius 1 is 0.600 bits per heavy atom. The van der Waals surface area contributed by atoms with Crippen LogP contribution in [0, 0.1) is 0 Å². The third-order valence-electron chi connectivity index (χ3n) is 11.8. The highest BCUT2D eigenvalue weighted by molar-refractivity contribution is 7.99. The van der Waals surface area contributed by atoms with Crippen molar-refractivity contribution in [2.24, 2.45) is 34.4 Å². The molecule has 0 aliphatic rings. The molecule has 20 heteroatoms. The van der Waals surface area contributed by atoms with E-state index >= 15 is 0 Å². The number of nitrogens with two attached hydrogens (primary N) is 6. The largest absolute Gasteiger partial charge is 0.490 e. The van der Waals surface area contributed by atoms with E-state index in [1.807, 2.05) is 60.7 Å². The second kappa shape index (κ2) is 24.1. The zero-order valence-electron chi connectivity index (χ0n) is 39.2. The molecule has 0 amide bonds. The molecule has 0 aliphatic carbocycles. The number of para-hydroxylation sites is 2. The topological polar surface area (TPSA) is 297 Å². The summed E-state index contributed by atoms with van der Waals surface area (Å²) in [6, 6.07) is 27.8. The van der Waals surface area contributed by atoms with Crippen LogP contribution < -0.4 is 34.4 Å². The lowest BCUT2D eigenvalue weighted by atomic mass is 9.94. The van der Waals surface area contributed by atoms with Gasteiger partial charge in [-0.1, -0.05) is 72.8 Å². The molecule has 2 aromatic heterocycles. The second-order valence-corrected chi connectivity index (χ2v) is 18.6. The first-order chi connectivity index (χ1) is 33.1. The lowest BCUT2D eigenvalue weighted by molar-refractivity contribution is -0.192. The molecule has 0 spiro atoms. The molecular weight excluding hydrogens is 926 g/mol. The summed E-state index contributed by atoms with van der Waals surface area (Å²) in [5.74, 6) is -4.54. The first kappa shape index (κ1) is 54.8. The lowest BCUT2D eigenvalue weighted by Gasteiger charge is -2.26. The van der Waals surface area contributed by atoms with Crippen molar-refractivity contribution in [2.75, 3.05) is 13.1 Å². The summed E-state index contributed by atoms with van der Waals surface area (Å²) < 4.78 is 34.4. The van der Waals surface area contributed by atoms with Crippen LogP contribution >= 0.6 is 11.8 Å². The van der Waals surface area contributed by atoms with E-state index in [4.69, 9.17) is 54.3 Å². The third-order valence-corrected chi connectivity index (χ3v) is 12.7. The van der Waals surface area contributed by atoms with Crippen molar-refractivity contribution in [3.63, 3.8) is 0 Å². The first-order valence-corrected chi connectivity index (χ1v) is 23.7. The van der Waals surface area contributed by atoms with Gasteiger partial charge in [0.05, 0.1) is 45.2 Å². The molecule has 374 valence electrons. The van der Waals surface area contributed by atoms with Gasteiger partial charge in [0.2, 0.25) is 0 Å². The monoisotopic (exact) mass is 986 g/mol. The number of carboxylic acids is 1. The van der Waals surface area contributed by atoms with Gasteiger partial charge >= 0.3 is 12.1 Å². The lowest BCUT2D eigenvalue weighted by Crippen LogP contribution is -2.48. The number of hydrogen-bond donors (Lipinski definition) is 7.